The summed E-state index contributed by atoms with van der Waals surface area (Å²) in [5.41, 5.74) is 2.95. The molecule has 0 aliphatic carbocycles. The van der Waals surface area contributed by atoms with E-state index in [-0.39, 0.29) is 5.56 Å². The summed E-state index contributed by atoms with van der Waals surface area (Å²) in [6, 6.07) is 7.03. The van der Waals surface area contributed by atoms with Gasteiger partial charge in [0.15, 0.2) is 0 Å². The van der Waals surface area contributed by atoms with Crippen LogP contribution in [0.15, 0.2) is 35.0 Å². The van der Waals surface area contributed by atoms with Gasteiger partial charge in [-0.25, -0.2) is 9.78 Å². The third-order valence-corrected chi connectivity index (χ3v) is 3.50. The zero-order chi connectivity index (χ0) is 12.7. The van der Waals surface area contributed by atoms with Crippen LogP contribution in [-0.2, 0) is 0 Å². The van der Waals surface area contributed by atoms with Gasteiger partial charge < -0.3 is 5.11 Å². The fourth-order valence-corrected chi connectivity index (χ4v) is 2.66. The van der Waals surface area contributed by atoms with Crippen LogP contribution in [0.3, 0.4) is 0 Å². The van der Waals surface area contributed by atoms with E-state index in [2.05, 4.69) is 4.98 Å². The maximum absolute atomic E-state index is 10.9. The molecule has 0 radical (unpaired) electrons. The van der Waals surface area contributed by atoms with Crippen molar-refractivity contribution in [1.29, 1.82) is 0 Å². The van der Waals surface area contributed by atoms with Crippen LogP contribution in [0, 0.1) is 6.92 Å². The van der Waals surface area contributed by atoms with Crippen molar-refractivity contribution in [2.45, 2.75) is 6.92 Å². The average Bonchev–Trinajstić information content (AvgIpc) is 2.93. The van der Waals surface area contributed by atoms with E-state index >= 15 is 0 Å². The van der Waals surface area contributed by atoms with Crippen LogP contribution in [0.2, 0.25) is 0 Å². The van der Waals surface area contributed by atoms with E-state index in [1.807, 2.05) is 28.3 Å². The minimum atomic E-state index is -0.931. The monoisotopic (exact) mass is 258 g/mol. The normalized spacial score (nSPS) is 10.9. The molecule has 0 unspecified atom stereocenters. The Kier molecular flexibility index (Phi) is 2.41. The molecule has 3 rings (SSSR count). The lowest BCUT2D eigenvalue weighted by molar-refractivity contribution is 0.0697. The van der Waals surface area contributed by atoms with Gasteiger partial charge in [0, 0.05) is 5.38 Å². The van der Waals surface area contributed by atoms with Crippen molar-refractivity contribution in [3.63, 3.8) is 0 Å². The number of imidazole rings is 1. The summed E-state index contributed by atoms with van der Waals surface area (Å²) in [7, 11) is 0. The molecular weight excluding hydrogens is 248 g/mol. The number of aromatic nitrogens is 2. The topological polar surface area (TPSA) is 55.1 Å². The van der Waals surface area contributed by atoms with Gasteiger partial charge in [0.1, 0.15) is 5.82 Å². The second kappa shape index (κ2) is 3.96. The molecule has 0 aliphatic heterocycles. The highest BCUT2D eigenvalue weighted by Crippen LogP contribution is 2.23. The Morgan fingerprint density at radius 2 is 2.22 bits per heavy atom. The smallest absolute Gasteiger partial charge is 0.335 e. The van der Waals surface area contributed by atoms with Crippen molar-refractivity contribution in [2.24, 2.45) is 0 Å². The molecule has 0 saturated carbocycles. The molecule has 0 fully saturated rings. The Balaban J connectivity index is 2.28. The molecule has 0 atom stereocenters. The molecule has 0 bridgehead atoms. The molecule has 1 N–H and O–H groups in total. The minimum Gasteiger partial charge on any atom is -0.478 e. The molecule has 0 saturated heterocycles. The van der Waals surface area contributed by atoms with Gasteiger partial charge in [-0.3, -0.25) is 4.57 Å². The third kappa shape index (κ3) is 1.60. The predicted octanol–water partition coefficient (Wildman–Crippen LogP) is 3.09. The summed E-state index contributed by atoms with van der Waals surface area (Å²) in [5.74, 6) is -0.0782. The van der Waals surface area contributed by atoms with Crippen molar-refractivity contribution in [2.75, 3.05) is 0 Å². The first kappa shape index (κ1) is 11.0. The summed E-state index contributed by atoms with van der Waals surface area (Å²) in [4.78, 5) is 15.3. The Bertz CT molecular complexity index is 729. The van der Waals surface area contributed by atoms with Crippen LogP contribution >= 0.6 is 11.3 Å². The van der Waals surface area contributed by atoms with Crippen molar-refractivity contribution in [1.82, 2.24) is 9.55 Å². The van der Waals surface area contributed by atoms with Crippen molar-refractivity contribution >= 4 is 28.3 Å². The summed E-state index contributed by atoms with van der Waals surface area (Å²) >= 11 is 1.62. The van der Waals surface area contributed by atoms with Crippen LogP contribution < -0.4 is 0 Å². The summed E-state index contributed by atoms with van der Waals surface area (Å²) < 4.78 is 2.03. The van der Waals surface area contributed by atoms with Crippen molar-refractivity contribution in [3.8, 4) is 5.69 Å². The number of benzene rings is 1. The number of rotatable bonds is 2. The number of carboxylic acid groups (broad SMARTS) is 1. The first-order valence-corrected chi connectivity index (χ1v) is 6.36. The first-order chi connectivity index (χ1) is 8.66. The second-order valence-corrected chi connectivity index (χ2v) is 4.76. The SMILES string of the molecule is Cc1nc2cc(C(=O)O)ccc2n1-c1ccsc1. The van der Waals surface area contributed by atoms with E-state index < -0.39 is 5.97 Å². The first-order valence-electron chi connectivity index (χ1n) is 5.42. The minimum absolute atomic E-state index is 0.262. The van der Waals surface area contributed by atoms with Gasteiger partial charge in [0.05, 0.1) is 22.3 Å². The van der Waals surface area contributed by atoms with Gasteiger partial charge in [-0.15, -0.1) is 0 Å². The molecule has 3 aromatic rings. The molecule has 4 nitrogen and oxygen atoms in total. The highest BCUT2D eigenvalue weighted by molar-refractivity contribution is 7.08. The van der Waals surface area contributed by atoms with Crippen molar-refractivity contribution < 1.29 is 9.90 Å². The number of nitrogens with zero attached hydrogens (tertiary/aromatic N) is 2. The van der Waals surface area contributed by atoms with Crippen LogP contribution in [0.25, 0.3) is 16.7 Å². The maximum atomic E-state index is 10.9. The number of aryl methyl sites for hydroxylation is 1. The Labute approximate surface area is 107 Å². The fraction of sp³-hybridized carbons (Fsp3) is 0.0769. The highest BCUT2D eigenvalue weighted by atomic mass is 32.1. The van der Waals surface area contributed by atoms with Crippen LogP contribution in [-0.4, -0.2) is 20.6 Å². The number of thiophene rings is 1. The number of hydrogen-bond acceptors (Lipinski definition) is 3. The summed E-state index contributed by atoms with van der Waals surface area (Å²) in [6.45, 7) is 1.91. The molecule has 90 valence electrons. The quantitative estimate of drug-likeness (QED) is 0.768. The second-order valence-electron chi connectivity index (χ2n) is 3.98. The highest BCUT2D eigenvalue weighted by Gasteiger charge is 2.11. The van der Waals surface area contributed by atoms with E-state index in [0.29, 0.717) is 5.52 Å². The molecular formula is C13H10N2O2S. The van der Waals surface area contributed by atoms with Crippen LogP contribution in [0.1, 0.15) is 16.2 Å². The van der Waals surface area contributed by atoms with Crippen LogP contribution in [0.5, 0.6) is 0 Å². The zero-order valence-corrected chi connectivity index (χ0v) is 10.4. The summed E-state index contributed by atoms with van der Waals surface area (Å²) in [6.07, 6.45) is 0. The zero-order valence-electron chi connectivity index (χ0n) is 9.62. The predicted molar refractivity (Wildman–Crippen MR) is 70.6 cm³/mol. The number of hydrogen-bond donors (Lipinski definition) is 1. The van der Waals surface area contributed by atoms with Gasteiger partial charge in [-0.1, -0.05) is 0 Å². The molecule has 0 aliphatic rings. The lowest BCUT2D eigenvalue weighted by atomic mass is 10.2. The standard InChI is InChI=1S/C13H10N2O2S/c1-8-14-11-6-9(13(16)17)2-3-12(11)15(8)10-4-5-18-7-10/h2-7H,1H3,(H,16,17). The summed E-state index contributed by atoms with van der Waals surface area (Å²) in [5, 5.41) is 13.0. The Morgan fingerprint density at radius 3 is 2.89 bits per heavy atom. The van der Waals surface area contributed by atoms with Crippen LogP contribution in [0.4, 0.5) is 0 Å². The largest absolute Gasteiger partial charge is 0.478 e. The van der Waals surface area contributed by atoms with Crippen molar-refractivity contribution in [3.05, 3.63) is 46.4 Å². The number of aromatic carboxylic acids is 1. The van der Waals surface area contributed by atoms with E-state index in [4.69, 9.17) is 5.11 Å². The lowest BCUT2D eigenvalue weighted by Crippen LogP contribution is -1.96. The van der Waals surface area contributed by atoms with E-state index in [9.17, 15) is 4.79 Å². The average molecular weight is 258 g/mol. The van der Waals surface area contributed by atoms with Gasteiger partial charge >= 0.3 is 5.97 Å². The number of carboxylic acids is 1. The van der Waals surface area contributed by atoms with E-state index in [1.54, 1.807) is 29.5 Å². The molecule has 2 aromatic heterocycles. The maximum Gasteiger partial charge on any atom is 0.335 e. The van der Waals surface area contributed by atoms with Gasteiger partial charge in [0.2, 0.25) is 0 Å². The molecule has 1 aromatic carbocycles. The molecule has 0 amide bonds. The van der Waals surface area contributed by atoms with Gasteiger partial charge in [0.25, 0.3) is 0 Å². The van der Waals surface area contributed by atoms with E-state index in [1.165, 1.54) is 0 Å². The lowest BCUT2D eigenvalue weighted by Gasteiger charge is -2.03. The molecule has 2 heterocycles. The van der Waals surface area contributed by atoms with E-state index in [0.717, 1.165) is 17.0 Å². The number of fused-ring (bicyclic) bond motifs is 1. The third-order valence-electron chi connectivity index (χ3n) is 2.83. The molecule has 5 heteroatoms. The Hall–Kier alpha value is -2.14. The Morgan fingerprint density at radius 1 is 1.39 bits per heavy atom. The van der Waals surface area contributed by atoms with Gasteiger partial charge in [-0.05, 0) is 36.6 Å². The van der Waals surface area contributed by atoms with Gasteiger partial charge in [-0.2, -0.15) is 11.3 Å². The fourth-order valence-electron chi connectivity index (χ4n) is 2.04. The number of carbonyl (C=O) groups is 1. The molecule has 0 spiro atoms. The molecule has 18 heavy (non-hydrogen) atoms.